The van der Waals surface area contributed by atoms with E-state index in [-0.39, 0.29) is 12.2 Å². The number of nitriles is 1. The number of rotatable bonds is 7. The van der Waals surface area contributed by atoms with E-state index in [4.69, 9.17) is 10.00 Å². The minimum atomic E-state index is -0.00613. The zero-order valence-electron chi connectivity index (χ0n) is 14.9. The van der Waals surface area contributed by atoms with Gasteiger partial charge in [0.2, 0.25) is 0 Å². The number of hydrazine groups is 1. The molecule has 4 N–H and O–H groups in total. The molecule has 1 saturated heterocycles. The van der Waals surface area contributed by atoms with E-state index in [9.17, 15) is 0 Å². The fourth-order valence-corrected chi connectivity index (χ4v) is 2.92. The van der Waals surface area contributed by atoms with Gasteiger partial charge < -0.3 is 15.4 Å². The Bertz CT molecular complexity index is 772. The summed E-state index contributed by atoms with van der Waals surface area (Å²) in [5, 5.41) is 15.4. The standard InChI is InChI=1S/C18H23N7O/c1-3-20-9-12-4-5-14(16(6-12)26-2)15-7-17(25-24-15)23-18-11-21-13(8-19)10-22-18/h4-6,10-11,15,17,20,24-25H,3,7,9H2,1-2H3,(H,22,23). The van der Waals surface area contributed by atoms with Gasteiger partial charge in [0.05, 0.1) is 31.7 Å². The molecule has 0 aliphatic carbocycles. The van der Waals surface area contributed by atoms with Crippen molar-refractivity contribution in [2.45, 2.75) is 32.1 Å². The maximum atomic E-state index is 8.78. The molecule has 1 aromatic carbocycles. The van der Waals surface area contributed by atoms with Gasteiger partial charge in [-0.25, -0.2) is 20.8 Å². The third-order valence-corrected chi connectivity index (χ3v) is 4.24. The van der Waals surface area contributed by atoms with Gasteiger partial charge in [-0.1, -0.05) is 19.1 Å². The highest BCUT2D eigenvalue weighted by molar-refractivity contribution is 5.41. The van der Waals surface area contributed by atoms with Crippen molar-refractivity contribution in [1.29, 1.82) is 5.26 Å². The van der Waals surface area contributed by atoms with E-state index < -0.39 is 0 Å². The van der Waals surface area contributed by atoms with Gasteiger partial charge in [0.1, 0.15) is 17.6 Å². The van der Waals surface area contributed by atoms with Crippen molar-refractivity contribution in [2.24, 2.45) is 0 Å². The topological polar surface area (TPSA) is 107 Å². The summed E-state index contributed by atoms with van der Waals surface area (Å²) in [7, 11) is 1.69. The SMILES string of the molecule is CCNCc1ccc(C2CC(Nc3cnc(C#N)cn3)NN2)c(OC)c1. The van der Waals surface area contributed by atoms with Gasteiger partial charge in [0, 0.05) is 18.5 Å². The minimum Gasteiger partial charge on any atom is -0.496 e. The molecule has 3 rings (SSSR count). The Morgan fingerprint density at radius 2 is 2.19 bits per heavy atom. The monoisotopic (exact) mass is 353 g/mol. The van der Waals surface area contributed by atoms with Crippen LogP contribution in [0.3, 0.4) is 0 Å². The lowest BCUT2D eigenvalue weighted by Crippen LogP contribution is -2.36. The molecule has 2 heterocycles. The third kappa shape index (κ3) is 4.26. The summed E-state index contributed by atoms with van der Waals surface area (Å²) in [5.74, 6) is 1.50. The Hall–Kier alpha value is -2.73. The first kappa shape index (κ1) is 18.1. The van der Waals surface area contributed by atoms with Crippen LogP contribution in [0.25, 0.3) is 0 Å². The van der Waals surface area contributed by atoms with Crippen LogP contribution in [0.4, 0.5) is 5.82 Å². The number of hydrogen-bond donors (Lipinski definition) is 4. The Labute approximate surface area is 153 Å². The molecule has 0 saturated carbocycles. The van der Waals surface area contributed by atoms with Gasteiger partial charge in [0.15, 0.2) is 5.69 Å². The lowest BCUT2D eigenvalue weighted by Gasteiger charge is -2.16. The highest BCUT2D eigenvalue weighted by Gasteiger charge is 2.27. The molecule has 1 aliphatic heterocycles. The number of aromatic nitrogens is 2. The number of hydrogen-bond acceptors (Lipinski definition) is 8. The van der Waals surface area contributed by atoms with Crippen molar-refractivity contribution in [3.8, 4) is 11.8 Å². The average molecular weight is 353 g/mol. The number of nitrogens with zero attached hydrogens (tertiary/aromatic N) is 3. The van der Waals surface area contributed by atoms with Gasteiger partial charge in [-0.15, -0.1) is 0 Å². The molecular weight excluding hydrogens is 330 g/mol. The van der Waals surface area contributed by atoms with E-state index in [2.05, 4.69) is 56.6 Å². The predicted octanol–water partition coefficient (Wildman–Crippen LogP) is 1.44. The van der Waals surface area contributed by atoms with Gasteiger partial charge in [-0.3, -0.25) is 0 Å². The van der Waals surface area contributed by atoms with Crippen molar-refractivity contribution >= 4 is 5.82 Å². The van der Waals surface area contributed by atoms with Gasteiger partial charge in [0.25, 0.3) is 0 Å². The lowest BCUT2D eigenvalue weighted by molar-refractivity contribution is 0.401. The first-order valence-electron chi connectivity index (χ1n) is 8.60. The fourth-order valence-electron chi connectivity index (χ4n) is 2.92. The smallest absolute Gasteiger partial charge is 0.158 e. The molecule has 0 bridgehead atoms. The molecule has 8 heteroatoms. The number of ether oxygens (including phenoxy) is 1. The van der Waals surface area contributed by atoms with Crippen LogP contribution in [0.2, 0.25) is 0 Å². The van der Waals surface area contributed by atoms with E-state index >= 15 is 0 Å². The van der Waals surface area contributed by atoms with Gasteiger partial charge >= 0.3 is 0 Å². The summed E-state index contributed by atoms with van der Waals surface area (Å²) in [6.07, 6.45) is 3.82. The normalized spacial score (nSPS) is 19.1. The first-order valence-corrected chi connectivity index (χ1v) is 8.60. The van der Waals surface area contributed by atoms with Crippen molar-refractivity contribution in [2.75, 3.05) is 19.0 Å². The van der Waals surface area contributed by atoms with Crippen LogP contribution in [0, 0.1) is 11.3 Å². The summed E-state index contributed by atoms with van der Waals surface area (Å²) in [4.78, 5) is 8.21. The zero-order chi connectivity index (χ0) is 18.4. The van der Waals surface area contributed by atoms with Crippen LogP contribution in [0.5, 0.6) is 5.75 Å². The largest absolute Gasteiger partial charge is 0.496 e. The number of anilines is 1. The molecule has 0 spiro atoms. The second-order valence-corrected chi connectivity index (χ2v) is 6.03. The molecule has 1 aromatic heterocycles. The van der Waals surface area contributed by atoms with Crippen molar-refractivity contribution in [1.82, 2.24) is 26.1 Å². The molecular formula is C18H23N7O. The quantitative estimate of drug-likeness (QED) is 0.592. The molecule has 1 fully saturated rings. The van der Waals surface area contributed by atoms with Gasteiger partial charge in [-0.05, 0) is 18.2 Å². The Morgan fingerprint density at radius 3 is 2.88 bits per heavy atom. The number of benzene rings is 1. The molecule has 1 aliphatic rings. The van der Waals surface area contributed by atoms with Crippen LogP contribution in [-0.4, -0.2) is 29.8 Å². The number of nitrogens with one attached hydrogen (secondary N) is 4. The second-order valence-electron chi connectivity index (χ2n) is 6.03. The molecule has 0 radical (unpaired) electrons. The van der Waals surface area contributed by atoms with Crippen molar-refractivity contribution in [3.63, 3.8) is 0 Å². The highest BCUT2D eigenvalue weighted by Crippen LogP contribution is 2.31. The lowest BCUT2D eigenvalue weighted by atomic mass is 10.0. The van der Waals surface area contributed by atoms with Crippen molar-refractivity contribution < 1.29 is 4.74 Å². The van der Waals surface area contributed by atoms with Crippen LogP contribution >= 0.6 is 0 Å². The minimum absolute atomic E-state index is 0.00613. The van der Waals surface area contributed by atoms with Crippen LogP contribution in [0.1, 0.15) is 36.2 Å². The maximum Gasteiger partial charge on any atom is 0.158 e. The third-order valence-electron chi connectivity index (χ3n) is 4.24. The summed E-state index contributed by atoms with van der Waals surface area (Å²) in [5.41, 5.74) is 9.12. The Kier molecular flexibility index (Phi) is 5.96. The zero-order valence-corrected chi connectivity index (χ0v) is 14.9. The molecule has 0 amide bonds. The first-order chi connectivity index (χ1) is 12.7. The van der Waals surface area contributed by atoms with Crippen molar-refractivity contribution in [3.05, 3.63) is 47.4 Å². The second kappa shape index (κ2) is 8.58. The molecule has 136 valence electrons. The number of methoxy groups -OCH3 is 1. The predicted molar refractivity (Wildman–Crippen MR) is 98.2 cm³/mol. The Morgan fingerprint density at radius 1 is 1.31 bits per heavy atom. The van der Waals surface area contributed by atoms with Crippen LogP contribution < -0.4 is 26.2 Å². The van der Waals surface area contributed by atoms with E-state index in [1.165, 1.54) is 11.8 Å². The van der Waals surface area contributed by atoms with E-state index in [1.807, 2.05) is 6.07 Å². The molecule has 2 aromatic rings. The molecule has 8 nitrogen and oxygen atoms in total. The molecule has 2 unspecified atom stereocenters. The van der Waals surface area contributed by atoms with E-state index in [0.717, 1.165) is 30.8 Å². The summed E-state index contributed by atoms with van der Waals surface area (Å²) >= 11 is 0. The fraction of sp³-hybridized carbons (Fsp3) is 0.389. The Balaban J connectivity index is 1.65. The molecule has 2 atom stereocenters. The molecule has 26 heavy (non-hydrogen) atoms. The van der Waals surface area contributed by atoms with Crippen LogP contribution in [-0.2, 0) is 6.54 Å². The average Bonchev–Trinajstić information content (AvgIpc) is 3.15. The van der Waals surface area contributed by atoms with Gasteiger partial charge in [-0.2, -0.15) is 5.26 Å². The summed E-state index contributed by atoms with van der Waals surface area (Å²) in [6, 6.07) is 8.37. The van der Waals surface area contributed by atoms with E-state index in [1.54, 1.807) is 13.3 Å². The van der Waals surface area contributed by atoms with E-state index in [0.29, 0.717) is 11.5 Å². The highest BCUT2D eigenvalue weighted by atomic mass is 16.5. The van der Waals surface area contributed by atoms with Crippen LogP contribution in [0.15, 0.2) is 30.6 Å². The maximum absolute atomic E-state index is 8.78. The summed E-state index contributed by atoms with van der Waals surface area (Å²) in [6.45, 7) is 3.85. The summed E-state index contributed by atoms with van der Waals surface area (Å²) < 4.78 is 5.59.